The van der Waals surface area contributed by atoms with Gasteiger partial charge >= 0.3 is 13.5 Å². The molecule has 0 aliphatic carbocycles. The molecule has 0 saturated heterocycles. The number of rotatable bonds is 11. The molecule has 0 saturated carbocycles. The van der Waals surface area contributed by atoms with Gasteiger partial charge < -0.3 is 24.3 Å². The lowest BCUT2D eigenvalue weighted by molar-refractivity contribution is -0.149. The molecular weight excluding hydrogens is 447 g/mol. The third-order valence-corrected chi connectivity index (χ3v) is 6.16. The van der Waals surface area contributed by atoms with Crippen molar-refractivity contribution in [3.63, 3.8) is 0 Å². The third kappa shape index (κ3) is 6.74. The topological polar surface area (TPSA) is 143 Å². The Labute approximate surface area is 200 Å². The van der Waals surface area contributed by atoms with Crippen LogP contribution in [0.1, 0.15) is 35.8 Å². The van der Waals surface area contributed by atoms with Gasteiger partial charge in [-0.3, -0.25) is 9.36 Å². The second kappa shape index (κ2) is 10.7. The first-order valence-corrected chi connectivity index (χ1v) is 11.7. The van der Waals surface area contributed by atoms with Gasteiger partial charge in [0.1, 0.15) is 30.0 Å². The molecule has 0 fully saturated rings. The van der Waals surface area contributed by atoms with Crippen LogP contribution in [-0.2, 0) is 25.4 Å². The zero-order valence-corrected chi connectivity index (χ0v) is 18.9. The van der Waals surface area contributed by atoms with Crippen molar-refractivity contribution in [1.82, 2.24) is 24.6 Å². The van der Waals surface area contributed by atoms with Gasteiger partial charge in [0.05, 0.1) is 25.1 Å². The van der Waals surface area contributed by atoms with E-state index in [0.717, 1.165) is 0 Å². The zero-order chi connectivity index (χ0) is 29.0. The lowest BCUT2D eigenvalue weighted by Gasteiger charge is -2.25. The number of esters is 1. The van der Waals surface area contributed by atoms with Crippen LogP contribution in [0, 0.1) is 0 Å². The Balaban J connectivity index is 1.73. The molecule has 3 N–H and O–H groups in total. The van der Waals surface area contributed by atoms with E-state index in [4.69, 9.17) is 28.0 Å². The summed E-state index contributed by atoms with van der Waals surface area (Å²) in [5, 5.41) is 2.51. The third-order valence-electron chi connectivity index (χ3n) is 4.39. The van der Waals surface area contributed by atoms with Gasteiger partial charge in [-0.2, -0.15) is 0 Å². The number of fused-ring (bicyclic) bond motifs is 1. The molecule has 2 aromatic heterocycles. The average molecular weight is 483 g/mol. The van der Waals surface area contributed by atoms with Crippen molar-refractivity contribution >= 4 is 30.5 Å². The summed E-state index contributed by atoms with van der Waals surface area (Å²) in [6, 6.07) is 6.69. The smallest absolute Gasteiger partial charge is 0.342 e. The second-order valence-corrected chi connectivity index (χ2v) is 9.23. The summed E-state index contributed by atoms with van der Waals surface area (Å²) in [5.74, 6) is -0.808. The molecule has 11 nitrogen and oxygen atoms in total. The van der Waals surface area contributed by atoms with Crippen LogP contribution >= 0.6 is 7.52 Å². The standard InChI is InChI=1S/C21H29N6O5P/c1-14(2)31-21(28)16(4)26-33(29,32-17-8-6-5-7-9-17)13-30-15(3)10-27-12-25-18-19(22)23-11-24-20(18)27/h5-9,11-12,14-16H,10,13H2,1-4H3,(H,26,29)(H2,22,23,24)/t15-,16+,33+/m1/s1/i1D3,2D3. The summed E-state index contributed by atoms with van der Waals surface area (Å²) in [6.07, 6.45) is -0.609. The molecular formula is C21H29N6O5P. The van der Waals surface area contributed by atoms with Crippen LogP contribution in [0.3, 0.4) is 0 Å². The molecule has 0 spiro atoms. The lowest BCUT2D eigenvalue weighted by atomic mass is 10.3. The molecule has 2 heterocycles. The number of ether oxygens (including phenoxy) is 2. The van der Waals surface area contributed by atoms with Gasteiger partial charge in [0, 0.05) is 8.22 Å². The van der Waals surface area contributed by atoms with Gasteiger partial charge in [-0.05, 0) is 39.7 Å². The van der Waals surface area contributed by atoms with Crippen LogP contribution in [-0.4, -0.2) is 50.1 Å². The average Bonchev–Trinajstić information content (AvgIpc) is 3.24. The van der Waals surface area contributed by atoms with E-state index in [2.05, 4.69) is 20.0 Å². The van der Waals surface area contributed by atoms with E-state index < -0.39 is 51.8 Å². The Morgan fingerprint density at radius 1 is 1.24 bits per heavy atom. The van der Waals surface area contributed by atoms with Crippen LogP contribution in [0.5, 0.6) is 5.75 Å². The fourth-order valence-corrected chi connectivity index (χ4v) is 4.68. The molecule has 178 valence electrons. The maximum absolute atomic E-state index is 13.8. The van der Waals surface area contributed by atoms with Gasteiger partial charge in [-0.1, -0.05) is 18.2 Å². The first kappa shape index (κ1) is 17.5. The number of para-hydroxylation sites is 1. The highest BCUT2D eigenvalue weighted by molar-refractivity contribution is 7.57. The fourth-order valence-electron chi connectivity index (χ4n) is 2.90. The van der Waals surface area contributed by atoms with Crippen molar-refractivity contribution < 1.29 is 31.6 Å². The van der Waals surface area contributed by atoms with E-state index in [1.165, 1.54) is 19.6 Å². The molecule has 0 aliphatic rings. The number of hydrogen-bond acceptors (Lipinski definition) is 9. The molecule has 0 radical (unpaired) electrons. The monoisotopic (exact) mass is 482 g/mol. The Morgan fingerprint density at radius 3 is 2.73 bits per heavy atom. The van der Waals surface area contributed by atoms with Gasteiger partial charge in [0.2, 0.25) is 0 Å². The van der Waals surface area contributed by atoms with Gasteiger partial charge in [-0.15, -0.1) is 0 Å². The van der Waals surface area contributed by atoms with Crippen molar-refractivity contribution in [2.24, 2.45) is 0 Å². The molecule has 3 aromatic rings. The molecule has 3 atom stereocenters. The minimum Gasteiger partial charge on any atom is -0.462 e. The normalized spacial score (nSPS) is 18.6. The second-order valence-electron chi connectivity index (χ2n) is 7.18. The molecule has 3 rings (SSSR count). The SMILES string of the molecule is [2H]C([2H])([2H])C(OC(=O)[C@H](C)N[P@](=O)(CO[C@H](C)Cn1cnc2c(N)ncnc21)Oc1ccccc1)C([2H])([2H])[2H]. The predicted octanol–water partition coefficient (Wildman–Crippen LogP) is 2.97. The van der Waals surface area contributed by atoms with E-state index in [0.29, 0.717) is 11.2 Å². The van der Waals surface area contributed by atoms with Crippen LogP contribution in [0.25, 0.3) is 11.2 Å². The number of aromatic nitrogens is 4. The summed E-state index contributed by atoms with van der Waals surface area (Å²) in [7, 11) is -4.00. The quantitative estimate of drug-likeness (QED) is 0.309. The van der Waals surface area contributed by atoms with E-state index in [1.54, 1.807) is 41.8 Å². The van der Waals surface area contributed by atoms with Gasteiger partial charge in [0.15, 0.2) is 11.5 Å². The summed E-state index contributed by atoms with van der Waals surface area (Å²) < 4.78 is 76.3. The molecule has 0 bridgehead atoms. The van der Waals surface area contributed by atoms with E-state index in [-0.39, 0.29) is 18.1 Å². The van der Waals surface area contributed by atoms with E-state index >= 15 is 0 Å². The summed E-state index contributed by atoms with van der Waals surface area (Å²) in [4.78, 5) is 24.9. The van der Waals surface area contributed by atoms with Crippen molar-refractivity contribution in [3.8, 4) is 5.75 Å². The Hall–Kier alpha value is -3.01. The highest BCUT2D eigenvalue weighted by Crippen LogP contribution is 2.44. The van der Waals surface area contributed by atoms with E-state index in [1.807, 2.05) is 0 Å². The highest BCUT2D eigenvalue weighted by atomic mass is 31.2. The van der Waals surface area contributed by atoms with Crippen LogP contribution in [0.15, 0.2) is 43.0 Å². The molecule has 33 heavy (non-hydrogen) atoms. The van der Waals surface area contributed by atoms with Crippen molar-refractivity contribution in [2.45, 2.75) is 52.3 Å². The maximum Gasteiger partial charge on any atom is 0.342 e. The Morgan fingerprint density at radius 2 is 2.00 bits per heavy atom. The number of nitrogens with one attached hydrogen (secondary N) is 1. The number of anilines is 1. The van der Waals surface area contributed by atoms with Crippen LogP contribution in [0.4, 0.5) is 5.82 Å². The van der Waals surface area contributed by atoms with Crippen molar-refractivity contribution in [3.05, 3.63) is 43.0 Å². The Kier molecular flexibility index (Phi) is 5.68. The minimum atomic E-state index is -4.00. The summed E-state index contributed by atoms with van der Waals surface area (Å²) in [5.41, 5.74) is 6.72. The minimum absolute atomic E-state index is 0.209. The number of carbonyl (C=O) groups is 1. The Bertz CT molecular complexity index is 1310. The number of hydrogen-bond donors (Lipinski definition) is 2. The predicted molar refractivity (Wildman–Crippen MR) is 124 cm³/mol. The molecule has 0 aliphatic heterocycles. The number of nitrogens with two attached hydrogens (primary N) is 1. The first-order chi connectivity index (χ1) is 18.1. The van der Waals surface area contributed by atoms with E-state index in [9.17, 15) is 9.36 Å². The maximum atomic E-state index is 13.8. The number of nitrogens with zero attached hydrogens (tertiary/aromatic N) is 4. The van der Waals surface area contributed by atoms with Crippen LogP contribution < -0.4 is 15.3 Å². The van der Waals surface area contributed by atoms with Gasteiger partial charge in [-0.25, -0.2) is 20.0 Å². The zero-order valence-electron chi connectivity index (χ0n) is 24.0. The number of imidazole rings is 1. The lowest BCUT2D eigenvalue weighted by Crippen LogP contribution is -2.37. The number of carbonyl (C=O) groups excluding carboxylic acids is 1. The molecule has 1 aromatic carbocycles. The first-order valence-electron chi connectivity index (χ1n) is 12.9. The number of benzene rings is 1. The number of nitrogen functional groups attached to an aromatic ring is 1. The highest BCUT2D eigenvalue weighted by Gasteiger charge is 2.32. The molecule has 0 unspecified atom stereocenters. The van der Waals surface area contributed by atoms with Crippen LogP contribution in [0.2, 0.25) is 0 Å². The van der Waals surface area contributed by atoms with Gasteiger partial charge in [0.25, 0.3) is 0 Å². The summed E-state index contributed by atoms with van der Waals surface area (Å²) >= 11 is 0. The van der Waals surface area contributed by atoms with Crippen molar-refractivity contribution in [2.75, 3.05) is 12.1 Å². The summed E-state index contributed by atoms with van der Waals surface area (Å²) in [6.45, 7) is -3.01. The largest absolute Gasteiger partial charge is 0.462 e. The molecule has 12 heteroatoms. The molecule has 0 amide bonds. The fraction of sp³-hybridized carbons (Fsp3) is 0.429. The van der Waals surface area contributed by atoms with Crippen molar-refractivity contribution in [1.29, 1.82) is 0 Å².